The molecule has 110 valence electrons. The van der Waals surface area contributed by atoms with Crippen molar-refractivity contribution in [3.05, 3.63) is 33.9 Å². The molecule has 0 spiro atoms. The van der Waals surface area contributed by atoms with Gasteiger partial charge in [-0.2, -0.15) is 0 Å². The molecule has 6 nitrogen and oxygen atoms in total. The molecule has 0 saturated carbocycles. The van der Waals surface area contributed by atoms with E-state index < -0.39 is 4.92 Å². The molecule has 20 heavy (non-hydrogen) atoms. The van der Waals surface area contributed by atoms with Crippen LogP contribution in [-0.4, -0.2) is 47.9 Å². The molecule has 1 aromatic carbocycles. The second-order valence-electron chi connectivity index (χ2n) is 5.60. The first-order valence-corrected chi connectivity index (χ1v) is 6.89. The Labute approximate surface area is 119 Å². The molecule has 1 aliphatic rings. The van der Waals surface area contributed by atoms with E-state index >= 15 is 0 Å². The molecule has 2 rings (SSSR count). The van der Waals surface area contributed by atoms with Gasteiger partial charge in [-0.1, -0.05) is 6.07 Å². The van der Waals surface area contributed by atoms with E-state index in [1.165, 1.54) is 0 Å². The maximum absolute atomic E-state index is 10.9. The summed E-state index contributed by atoms with van der Waals surface area (Å²) in [6.45, 7) is 2.93. The van der Waals surface area contributed by atoms with Gasteiger partial charge >= 0.3 is 0 Å². The third kappa shape index (κ3) is 3.46. The Morgan fingerprint density at radius 1 is 1.45 bits per heavy atom. The summed E-state index contributed by atoms with van der Waals surface area (Å²) in [6.07, 6.45) is 2.29. The first-order valence-electron chi connectivity index (χ1n) is 6.89. The minimum atomic E-state index is -0.422. The number of piperidine rings is 1. The van der Waals surface area contributed by atoms with Crippen molar-refractivity contribution in [1.82, 2.24) is 9.80 Å². The molecule has 6 heteroatoms. The maximum Gasteiger partial charge on any atom is 0.292 e. The fourth-order valence-electron chi connectivity index (χ4n) is 2.70. The van der Waals surface area contributed by atoms with Crippen LogP contribution < -0.4 is 5.73 Å². The summed E-state index contributed by atoms with van der Waals surface area (Å²) < 4.78 is 0. The fraction of sp³-hybridized carbons (Fsp3) is 0.571. The van der Waals surface area contributed by atoms with Crippen LogP contribution in [-0.2, 0) is 6.54 Å². The van der Waals surface area contributed by atoms with E-state index in [9.17, 15) is 10.1 Å². The number of nitro benzene ring substituents is 1. The number of benzene rings is 1. The Balaban J connectivity index is 2.02. The molecule has 0 aliphatic carbocycles. The molecule has 0 aromatic heterocycles. The van der Waals surface area contributed by atoms with E-state index in [0.29, 0.717) is 6.04 Å². The standard InChI is InChI=1S/C14H22N4O2/c1-16-7-5-12(6-8-16)17(2)10-11-3-4-13(15)14(9-11)18(19)20/h3-4,9,12H,5-8,10,15H2,1-2H3. The maximum atomic E-state index is 10.9. The second-order valence-corrected chi connectivity index (χ2v) is 5.60. The van der Waals surface area contributed by atoms with Gasteiger partial charge in [-0.25, -0.2) is 0 Å². The summed E-state index contributed by atoms with van der Waals surface area (Å²) in [5.74, 6) is 0. The Hall–Kier alpha value is -1.66. The summed E-state index contributed by atoms with van der Waals surface area (Å²) in [5.41, 5.74) is 6.78. The minimum absolute atomic E-state index is 0.000669. The third-order valence-electron chi connectivity index (χ3n) is 4.03. The summed E-state index contributed by atoms with van der Waals surface area (Å²) in [7, 11) is 4.22. The molecule has 1 aliphatic heterocycles. The van der Waals surface area contributed by atoms with Crippen molar-refractivity contribution < 1.29 is 4.92 Å². The van der Waals surface area contributed by atoms with Crippen LogP contribution in [0, 0.1) is 10.1 Å². The Morgan fingerprint density at radius 3 is 2.70 bits per heavy atom. The average molecular weight is 278 g/mol. The van der Waals surface area contributed by atoms with Gasteiger partial charge in [0.25, 0.3) is 5.69 Å². The number of nitrogen functional groups attached to an aromatic ring is 1. The van der Waals surface area contributed by atoms with Gasteiger partial charge in [-0.15, -0.1) is 0 Å². The highest BCUT2D eigenvalue weighted by atomic mass is 16.6. The van der Waals surface area contributed by atoms with Crippen LogP contribution in [0.15, 0.2) is 18.2 Å². The quantitative estimate of drug-likeness (QED) is 0.515. The zero-order chi connectivity index (χ0) is 14.7. The smallest absolute Gasteiger partial charge is 0.292 e. The number of nitrogens with two attached hydrogens (primary N) is 1. The summed E-state index contributed by atoms with van der Waals surface area (Å²) >= 11 is 0. The van der Waals surface area contributed by atoms with Crippen molar-refractivity contribution in [2.75, 3.05) is 32.9 Å². The van der Waals surface area contributed by atoms with Crippen LogP contribution in [0.5, 0.6) is 0 Å². The van der Waals surface area contributed by atoms with Gasteiger partial charge in [0.05, 0.1) is 4.92 Å². The topological polar surface area (TPSA) is 75.6 Å². The highest BCUT2D eigenvalue weighted by Gasteiger charge is 2.21. The van der Waals surface area contributed by atoms with Crippen LogP contribution in [0.1, 0.15) is 18.4 Å². The average Bonchev–Trinajstić information content (AvgIpc) is 2.41. The highest BCUT2D eigenvalue weighted by Crippen LogP contribution is 2.24. The van der Waals surface area contributed by atoms with Crippen molar-refractivity contribution in [2.24, 2.45) is 0 Å². The van der Waals surface area contributed by atoms with Gasteiger partial charge in [0.2, 0.25) is 0 Å². The van der Waals surface area contributed by atoms with Crippen LogP contribution in [0.3, 0.4) is 0 Å². The van der Waals surface area contributed by atoms with Gasteiger partial charge in [0.15, 0.2) is 0 Å². The minimum Gasteiger partial charge on any atom is -0.393 e. The summed E-state index contributed by atoms with van der Waals surface area (Å²) in [6, 6.07) is 5.62. The predicted octanol–water partition coefficient (Wildman–Crippen LogP) is 1.70. The zero-order valence-electron chi connectivity index (χ0n) is 12.1. The van der Waals surface area contributed by atoms with Crippen LogP contribution in [0.25, 0.3) is 0 Å². The van der Waals surface area contributed by atoms with E-state index in [0.717, 1.165) is 38.0 Å². The zero-order valence-corrected chi connectivity index (χ0v) is 12.1. The Kier molecular flexibility index (Phi) is 4.57. The van der Waals surface area contributed by atoms with Crippen molar-refractivity contribution >= 4 is 11.4 Å². The van der Waals surface area contributed by atoms with Crippen LogP contribution >= 0.6 is 0 Å². The van der Waals surface area contributed by atoms with Gasteiger partial charge in [0.1, 0.15) is 5.69 Å². The molecular weight excluding hydrogens is 256 g/mol. The lowest BCUT2D eigenvalue weighted by molar-refractivity contribution is -0.384. The number of nitro groups is 1. The molecule has 0 amide bonds. The summed E-state index contributed by atoms with van der Waals surface area (Å²) in [4.78, 5) is 15.1. The number of likely N-dealkylation sites (tertiary alicyclic amines) is 1. The number of hydrogen-bond donors (Lipinski definition) is 1. The number of hydrogen-bond acceptors (Lipinski definition) is 5. The van der Waals surface area contributed by atoms with Crippen molar-refractivity contribution in [2.45, 2.75) is 25.4 Å². The molecular formula is C14H22N4O2. The van der Waals surface area contributed by atoms with Crippen LogP contribution in [0.4, 0.5) is 11.4 Å². The van der Waals surface area contributed by atoms with Gasteiger partial charge in [-0.05, 0) is 51.7 Å². The number of nitrogens with zero attached hydrogens (tertiary/aromatic N) is 3. The number of anilines is 1. The lowest BCUT2D eigenvalue weighted by Gasteiger charge is -2.35. The molecule has 0 radical (unpaired) electrons. The normalized spacial score (nSPS) is 17.6. The monoisotopic (exact) mass is 278 g/mol. The summed E-state index contributed by atoms with van der Waals surface area (Å²) in [5, 5.41) is 10.9. The molecule has 2 N–H and O–H groups in total. The predicted molar refractivity (Wildman–Crippen MR) is 79.5 cm³/mol. The SMILES string of the molecule is CN1CCC(N(C)Cc2ccc(N)c([N+](=O)[O-])c2)CC1. The van der Waals surface area contributed by atoms with Gasteiger partial charge in [0, 0.05) is 18.7 Å². The third-order valence-corrected chi connectivity index (χ3v) is 4.03. The number of rotatable bonds is 4. The van der Waals surface area contributed by atoms with E-state index in [1.807, 2.05) is 6.07 Å². The largest absolute Gasteiger partial charge is 0.393 e. The van der Waals surface area contributed by atoms with Gasteiger partial charge in [-0.3, -0.25) is 15.0 Å². The lowest BCUT2D eigenvalue weighted by Crippen LogP contribution is -2.41. The lowest BCUT2D eigenvalue weighted by atomic mass is 10.0. The van der Waals surface area contributed by atoms with E-state index in [1.54, 1.807) is 12.1 Å². The fourth-order valence-corrected chi connectivity index (χ4v) is 2.70. The first kappa shape index (κ1) is 14.7. The Bertz CT molecular complexity index is 484. The first-order chi connectivity index (χ1) is 9.47. The van der Waals surface area contributed by atoms with Crippen LogP contribution in [0.2, 0.25) is 0 Å². The molecule has 0 atom stereocenters. The highest BCUT2D eigenvalue weighted by molar-refractivity contribution is 5.59. The van der Waals surface area contributed by atoms with E-state index in [-0.39, 0.29) is 11.4 Å². The van der Waals surface area contributed by atoms with E-state index in [4.69, 9.17) is 5.73 Å². The molecule has 1 fully saturated rings. The molecule has 1 heterocycles. The van der Waals surface area contributed by atoms with Crippen molar-refractivity contribution in [1.29, 1.82) is 0 Å². The van der Waals surface area contributed by atoms with Gasteiger partial charge < -0.3 is 10.6 Å². The van der Waals surface area contributed by atoms with Crippen molar-refractivity contribution in [3.63, 3.8) is 0 Å². The molecule has 1 aromatic rings. The molecule has 0 bridgehead atoms. The Morgan fingerprint density at radius 2 is 2.10 bits per heavy atom. The second kappa shape index (κ2) is 6.19. The van der Waals surface area contributed by atoms with E-state index in [2.05, 4.69) is 23.9 Å². The molecule has 1 saturated heterocycles. The van der Waals surface area contributed by atoms with Crippen molar-refractivity contribution in [3.8, 4) is 0 Å². The molecule has 0 unspecified atom stereocenters.